The van der Waals surface area contributed by atoms with Crippen LogP contribution in [0.15, 0.2) is 0 Å². The maximum Gasteiger partial charge on any atom is 0.304 e. The molecule has 0 spiro atoms. The zero-order valence-electron chi connectivity index (χ0n) is 10.3. The minimum atomic E-state index is -3.49. The van der Waals surface area contributed by atoms with Gasteiger partial charge in [0, 0.05) is 13.2 Å². The molecule has 0 aromatic heterocycles. The van der Waals surface area contributed by atoms with Crippen molar-refractivity contribution in [2.75, 3.05) is 25.5 Å². The third-order valence-corrected chi connectivity index (χ3v) is 3.38. The van der Waals surface area contributed by atoms with Crippen molar-refractivity contribution in [3.05, 3.63) is 0 Å². The van der Waals surface area contributed by atoms with Crippen LogP contribution in [-0.4, -0.2) is 45.0 Å². The molecular formula is C10H21NO5S. The van der Waals surface area contributed by atoms with E-state index in [9.17, 15) is 13.2 Å². The first-order chi connectivity index (χ1) is 7.83. The number of carbonyl (C=O) groups is 1. The van der Waals surface area contributed by atoms with Crippen LogP contribution in [0.3, 0.4) is 0 Å². The number of carboxylic acids is 1. The van der Waals surface area contributed by atoms with E-state index in [-0.39, 0.29) is 13.0 Å². The SMILES string of the molecule is CC(C)CCOCCNS(=O)(=O)CCC(=O)O. The lowest BCUT2D eigenvalue weighted by Gasteiger charge is -2.07. The molecule has 0 aliphatic heterocycles. The van der Waals surface area contributed by atoms with Crippen LogP contribution in [0.2, 0.25) is 0 Å². The van der Waals surface area contributed by atoms with E-state index in [2.05, 4.69) is 18.6 Å². The topological polar surface area (TPSA) is 92.7 Å². The summed E-state index contributed by atoms with van der Waals surface area (Å²) in [6, 6.07) is 0. The maximum absolute atomic E-state index is 11.2. The van der Waals surface area contributed by atoms with Crippen molar-refractivity contribution in [1.82, 2.24) is 4.72 Å². The zero-order valence-corrected chi connectivity index (χ0v) is 11.1. The highest BCUT2D eigenvalue weighted by Gasteiger charge is 2.11. The molecule has 0 fully saturated rings. The van der Waals surface area contributed by atoms with E-state index in [1.54, 1.807) is 0 Å². The third kappa shape index (κ3) is 11.6. The summed E-state index contributed by atoms with van der Waals surface area (Å²) in [5.41, 5.74) is 0. The second-order valence-corrected chi connectivity index (χ2v) is 6.08. The average Bonchev–Trinajstić information content (AvgIpc) is 2.20. The van der Waals surface area contributed by atoms with Gasteiger partial charge >= 0.3 is 5.97 Å². The van der Waals surface area contributed by atoms with Crippen LogP contribution in [0.1, 0.15) is 26.7 Å². The van der Waals surface area contributed by atoms with Gasteiger partial charge in [-0.2, -0.15) is 0 Å². The van der Waals surface area contributed by atoms with Crippen molar-refractivity contribution in [3.63, 3.8) is 0 Å². The Morgan fingerprint density at radius 2 is 2.00 bits per heavy atom. The molecule has 0 atom stereocenters. The second-order valence-electron chi connectivity index (χ2n) is 4.15. The van der Waals surface area contributed by atoms with Crippen LogP contribution in [0.5, 0.6) is 0 Å². The highest BCUT2D eigenvalue weighted by atomic mass is 32.2. The number of rotatable bonds is 10. The Labute approximate surface area is 102 Å². The first-order valence-electron chi connectivity index (χ1n) is 5.60. The molecule has 102 valence electrons. The Morgan fingerprint density at radius 1 is 1.35 bits per heavy atom. The number of ether oxygens (including phenoxy) is 1. The molecule has 0 heterocycles. The lowest BCUT2D eigenvalue weighted by Crippen LogP contribution is -2.30. The molecule has 2 N–H and O–H groups in total. The fourth-order valence-electron chi connectivity index (χ4n) is 0.984. The van der Waals surface area contributed by atoms with Gasteiger partial charge in [-0.05, 0) is 12.3 Å². The quantitative estimate of drug-likeness (QED) is 0.560. The number of sulfonamides is 1. The monoisotopic (exact) mass is 267 g/mol. The van der Waals surface area contributed by atoms with E-state index in [0.29, 0.717) is 19.1 Å². The zero-order chi connectivity index (χ0) is 13.3. The third-order valence-electron chi connectivity index (χ3n) is 1.99. The number of nitrogens with one attached hydrogen (secondary N) is 1. The normalized spacial score (nSPS) is 11.9. The van der Waals surface area contributed by atoms with Crippen molar-refractivity contribution >= 4 is 16.0 Å². The van der Waals surface area contributed by atoms with Gasteiger partial charge in [-0.25, -0.2) is 13.1 Å². The standard InChI is InChI=1S/C10H21NO5S/c1-9(2)3-6-16-7-5-11-17(14,15)8-4-10(12)13/h9,11H,3-8H2,1-2H3,(H,12,13). The molecule has 0 saturated carbocycles. The fourth-order valence-corrected chi connectivity index (χ4v) is 1.97. The molecular weight excluding hydrogens is 246 g/mol. The van der Waals surface area contributed by atoms with Gasteiger partial charge < -0.3 is 9.84 Å². The second kappa shape index (κ2) is 8.43. The van der Waals surface area contributed by atoms with E-state index in [1.807, 2.05) is 0 Å². The minimum absolute atomic E-state index is 0.181. The lowest BCUT2D eigenvalue weighted by molar-refractivity contribution is -0.136. The highest BCUT2D eigenvalue weighted by Crippen LogP contribution is 1.98. The summed E-state index contributed by atoms with van der Waals surface area (Å²) in [5, 5.41) is 8.35. The first-order valence-corrected chi connectivity index (χ1v) is 7.25. The van der Waals surface area contributed by atoms with Gasteiger partial charge in [0.05, 0.1) is 18.8 Å². The maximum atomic E-state index is 11.2. The summed E-state index contributed by atoms with van der Waals surface area (Å²) in [6.45, 7) is 5.25. The Bertz CT molecular complexity index is 313. The molecule has 0 saturated heterocycles. The Morgan fingerprint density at radius 3 is 2.53 bits per heavy atom. The van der Waals surface area contributed by atoms with Crippen LogP contribution < -0.4 is 4.72 Å². The van der Waals surface area contributed by atoms with Crippen molar-refractivity contribution in [2.24, 2.45) is 5.92 Å². The van der Waals surface area contributed by atoms with Crippen LogP contribution in [-0.2, 0) is 19.6 Å². The largest absolute Gasteiger partial charge is 0.481 e. The van der Waals surface area contributed by atoms with Gasteiger partial charge in [0.15, 0.2) is 0 Å². The van der Waals surface area contributed by atoms with Crippen molar-refractivity contribution in [3.8, 4) is 0 Å². The molecule has 0 rings (SSSR count). The van der Waals surface area contributed by atoms with E-state index in [1.165, 1.54) is 0 Å². The Hall–Kier alpha value is -0.660. The molecule has 7 heteroatoms. The summed E-state index contributed by atoms with van der Waals surface area (Å²) in [6.07, 6.45) is 0.551. The molecule has 0 aliphatic carbocycles. The van der Waals surface area contributed by atoms with Crippen LogP contribution in [0.25, 0.3) is 0 Å². The van der Waals surface area contributed by atoms with Gasteiger partial charge in [-0.3, -0.25) is 4.79 Å². The van der Waals surface area contributed by atoms with Crippen molar-refractivity contribution in [2.45, 2.75) is 26.7 Å². The molecule has 0 unspecified atom stereocenters. The summed E-state index contributed by atoms with van der Waals surface area (Å²) >= 11 is 0. The molecule has 0 aliphatic rings. The van der Waals surface area contributed by atoms with E-state index < -0.39 is 21.7 Å². The lowest BCUT2D eigenvalue weighted by atomic mass is 10.1. The average molecular weight is 267 g/mol. The molecule has 0 radical (unpaired) electrons. The van der Waals surface area contributed by atoms with Gasteiger partial charge in [0.1, 0.15) is 0 Å². The van der Waals surface area contributed by atoms with Gasteiger partial charge in [-0.1, -0.05) is 13.8 Å². The van der Waals surface area contributed by atoms with Crippen LogP contribution in [0, 0.1) is 5.92 Å². The molecule has 0 aromatic rings. The van der Waals surface area contributed by atoms with Crippen LogP contribution >= 0.6 is 0 Å². The van der Waals surface area contributed by atoms with E-state index in [4.69, 9.17) is 9.84 Å². The number of hydrogen-bond donors (Lipinski definition) is 2. The molecule has 0 amide bonds. The molecule has 0 aromatic carbocycles. The van der Waals surface area contributed by atoms with Crippen molar-refractivity contribution in [1.29, 1.82) is 0 Å². The van der Waals surface area contributed by atoms with Gasteiger partial charge in [0.2, 0.25) is 10.0 Å². The number of aliphatic carboxylic acids is 1. The summed E-state index contributed by atoms with van der Waals surface area (Å²) in [5.74, 6) is -0.959. The Balaban J connectivity index is 3.56. The van der Waals surface area contributed by atoms with E-state index >= 15 is 0 Å². The summed E-state index contributed by atoms with van der Waals surface area (Å²) in [7, 11) is -3.49. The predicted molar refractivity (Wildman–Crippen MR) is 64.3 cm³/mol. The van der Waals surface area contributed by atoms with E-state index in [0.717, 1.165) is 6.42 Å². The summed E-state index contributed by atoms with van der Waals surface area (Å²) in [4.78, 5) is 10.2. The number of carboxylic acid groups (broad SMARTS) is 1. The molecule has 17 heavy (non-hydrogen) atoms. The van der Waals surface area contributed by atoms with Crippen LogP contribution in [0.4, 0.5) is 0 Å². The van der Waals surface area contributed by atoms with Gasteiger partial charge in [0.25, 0.3) is 0 Å². The minimum Gasteiger partial charge on any atom is -0.481 e. The number of hydrogen-bond acceptors (Lipinski definition) is 4. The van der Waals surface area contributed by atoms with Crippen molar-refractivity contribution < 1.29 is 23.1 Å². The Kier molecular flexibility index (Phi) is 8.11. The fraction of sp³-hybridized carbons (Fsp3) is 0.900. The highest BCUT2D eigenvalue weighted by molar-refractivity contribution is 7.89. The predicted octanol–water partition coefficient (Wildman–Crippen LogP) is 0.443. The summed E-state index contributed by atoms with van der Waals surface area (Å²) < 4.78 is 30.0. The molecule has 0 bridgehead atoms. The van der Waals surface area contributed by atoms with Gasteiger partial charge in [-0.15, -0.1) is 0 Å². The molecule has 6 nitrogen and oxygen atoms in total. The first kappa shape index (κ1) is 16.3. The smallest absolute Gasteiger partial charge is 0.304 e.